The molecule has 3 rings (SSSR count). The Kier molecular flexibility index (Phi) is 4.29. The fourth-order valence-electron chi connectivity index (χ4n) is 2.19. The smallest absolute Gasteiger partial charge is 0.250 e. The van der Waals surface area contributed by atoms with Crippen LogP contribution in [0.2, 0.25) is 0 Å². The van der Waals surface area contributed by atoms with Crippen LogP contribution >= 0.6 is 0 Å². The summed E-state index contributed by atoms with van der Waals surface area (Å²) in [7, 11) is 0. The number of hydrogen-bond donors (Lipinski definition) is 1. The molecule has 5 nitrogen and oxygen atoms in total. The van der Waals surface area contributed by atoms with Crippen LogP contribution in [0.1, 0.15) is 15.9 Å². The van der Waals surface area contributed by atoms with E-state index in [4.69, 9.17) is 10.5 Å². The van der Waals surface area contributed by atoms with Crippen LogP contribution < -0.4 is 10.5 Å². The molecule has 0 aliphatic rings. The highest BCUT2D eigenvalue weighted by molar-refractivity contribution is 5.98. The first-order valence-corrected chi connectivity index (χ1v) is 7.11. The topological polar surface area (TPSA) is 78.1 Å². The lowest BCUT2D eigenvalue weighted by Gasteiger charge is -2.08. The largest absolute Gasteiger partial charge is 0.489 e. The van der Waals surface area contributed by atoms with Gasteiger partial charge in [-0.3, -0.25) is 14.8 Å². The third-order valence-corrected chi connectivity index (χ3v) is 3.33. The van der Waals surface area contributed by atoms with Gasteiger partial charge in [-0.05, 0) is 42.5 Å². The number of benzene rings is 1. The van der Waals surface area contributed by atoms with Crippen molar-refractivity contribution in [3.63, 3.8) is 0 Å². The van der Waals surface area contributed by atoms with Gasteiger partial charge in [0.2, 0.25) is 0 Å². The molecule has 2 heterocycles. The van der Waals surface area contributed by atoms with E-state index >= 15 is 0 Å². The first-order valence-electron chi connectivity index (χ1n) is 7.11. The monoisotopic (exact) mass is 305 g/mol. The molecule has 0 bridgehead atoms. The molecule has 0 aliphatic carbocycles. The summed E-state index contributed by atoms with van der Waals surface area (Å²) in [6, 6.07) is 14.6. The third-order valence-electron chi connectivity index (χ3n) is 3.33. The van der Waals surface area contributed by atoms with E-state index in [-0.39, 0.29) is 0 Å². The third kappa shape index (κ3) is 3.52. The molecular formula is C18H15N3O2. The average Bonchev–Trinajstić information content (AvgIpc) is 2.61. The number of primary amides is 1. The van der Waals surface area contributed by atoms with Gasteiger partial charge >= 0.3 is 0 Å². The van der Waals surface area contributed by atoms with Crippen molar-refractivity contribution in [2.45, 2.75) is 6.61 Å². The lowest BCUT2D eigenvalue weighted by molar-refractivity contribution is 0.100. The molecule has 23 heavy (non-hydrogen) atoms. The van der Waals surface area contributed by atoms with Gasteiger partial charge in [0.05, 0.1) is 11.3 Å². The Morgan fingerprint density at radius 2 is 1.83 bits per heavy atom. The number of pyridine rings is 2. The van der Waals surface area contributed by atoms with E-state index in [9.17, 15) is 4.79 Å². The highest BCUT2D eigenvalue weighted by Gasteiger charge is 2.10. The van der Waals surface area contributed by atoms with Gasteiger partial charge in [-0.25, -0.2) is 0 Å². The Morgan fingerprint density at radius 3 is 2.52 bits per heavy atom. The standard InChI is InChI=1S/C18H15N3O2/c19-18(22)16-4-2-10-21-17(16)14-5-7-15(8-6-14)23-12-13-3-1-9-20-11-13/h1-11H,12H2,(H2,19,22). The number of ether oxygens (including phenoxy) is 1. The fourth-order valence-corrected chi connectivity index (χ4v) is 2.19. The summed E-state index contributed by atoms with van der Waals surface area (Å²) in [5, 5.41) is 0. The maximum absolute atomic E-state index is 11.5. The Labute approximate surface area is 133 Å². The molecule has 0 atom stereocenters. The summed E-state index contributed by atoms with van der Waals surface area (Å²) in [6.07, 6.45) is 5.12. The number of nitrogens with zero attached hydrogens (tertiary/aromatic N) is 2. The van der Waals surface area contributed by atoms with E-state index in [2.05, 4.69) is 9.97 Å². The molecule has 0 spiro atoms. The van der Waals surface area contributed by atoms with Gasteiger partial charge < -0.3 is 10.5 Å². The number of aromatic nitrogens is 2. The van der Waals surface area contributed by atoms with Crippen molar-refractivity contribution in [1.29, 1.82) is 0 Å². The van der Waals surface area contributed by atoms with Crippen LogP contribution in [0.4, 0.5) is 0 Å². The summed E-state index contributed by atoms with van der Waals surface area (Å²) in [5.74, 6) is 0.235. The number of carbonyl (C=O) groups is 1. The summed E-state index contributed by atoms with van der Waals surface area (Å²) >= 11 is 0. The molecule has 0 unspecified atom stereocenters. The molecule has 1 amide bonds. The van der Waals surface area contributed by atoms with Crippen molar-refractivity contribution in [3.8, 4) is 17.0 Å². The molecule has 0 saturated heterocycles. The predicted molar refractivity (Wildman–Crippen MR) is 86.8 cm³/mol. The van der Waals surface area contributed by atoms with Crippen LogP contribution in [-0.2, 0) is 6.61 Å². The SMILES string of the molecule is NC(=O)c1cccnc1-c1ccc(OCc2cccnc2)cc1. The molecule has 0 fully saturated rings. The first kappa shape index (κ1) is 14.7. The Bertz CT molecular complexity index is 802. The predicted octanol–water partition coefficient (Wildman–Crippen LogP) is 2.82. The van der Waals surface area contributed by atoms with Crippen molar-refractivity contribution in [3.05, 3.63) is 78.2 Å². The fraction of sp³-hybridized carbons (Fsp3) is 0.0556. The highest BCUT2D eigenvalue weighted by Crippen LogP contribution is 2.24. The molecular weight excluding hydrogens is 290 g/mol. The van der Waals surface area contributed by atoms with Crippen LogP contribution in [0.3, 0.4) is 0 Å². The summed E-state index contributed by atoms with van der Waals surface area (Å²) < 4.78 is 5.71. The average molecular weight is 305 g/mol. The lowest BCUT2D eigenvalue weighted by atomic mass is 10.1. The molecule has 0 radical (unpaired) electrons. The Balaban J connectivity index is 1.76. The Hall–Kier alpha value is -3.21. The number of nitrogens with two attached hydrogens (primary N) is 1. The number of amides is 1. The quantitative estimate of drug-likeness (QED) is 0.786. The molecule has 1 aromatic carbocycles. The van der Waals surface area contributed by atoms with Crippen LogP contribution in [0.15, 0.2) is 67.1 Å². The van der Waals surface area contributed by atoms with Gasteiger partial charge in [-0.1, -0.05) is 6.07 Å². The normalized spacial score (nSPS) is 10.3. The van der Waals surface area contributed by atoms with Gasteiger partial charge in [0.1, 0.15) is 12.4 Å². The molecule has 3 aromatic rings. The first-order chi connectivity index (χ1) is 11.2. The van der Waals surface area contributed by atoms with E-state index in [0.29, 0.717) is 17.9 Å². The second-order valence-corrected chi connectivity index (χ2v) is 4.94. The molecule has 5 heteroatoms. The van der Waals surface area contributed by atoms with E-state index in [1.165, 1.54) is 0 Å². The van der Waals surface area contributed by atoms with Crippen LogP contribution in [0.5, 0.6) is 5.75 Å². The lowest BCUT2D eigenvalue weighted by Crippen LogP contribution is -2.12. The van der Waals surface area contributed by atoms with Gasteiger partial charge in [0.25, 0.3) is 5.91 Å². The zero-order valence-electron chi connectivity index (χ0n) is 12.3. The number of rotatable bonds is 5. The van der Waals surface area contributed by atoms with Crippen molar-refractivity contribution in [1.82, 2.24) is 9.97 Å². The second-order valence-electron chi connectivity index (χ2n) is 4.94. The minimum absolute atomic E-state index is 0.400. The minimum Gasteiger partial charge on any atom is -0.489 e. The number of hydrogen-bond acceptors (Lipinski definition) is 4. The Morgan fingerprint density at radius 1 is 1.04 bits per heavy atom. The van der Waals surface area contributed by atoms with Gasteiger partial charge in [0, 0.05) is 29.7 Å². The maximum Gasteiger partial charge on any atom is 0.250 e. The van der Waals surface area contributed by atoms with Crippen molar-refractivity contribution in [2.75, 3.05) is 0 Å². The van der Waals surface area contributed by atoms with E-state index in [1.807, 2.05) is 36.4 Å². The van der Waals surface area contributed by atoms with Gasteiger partial charge in [-0.2, -0.15) is 0 Å². The highest BCUT2D eigenvalue weighted by atomic mass is 16.5. The van der Waals surface area contributed by atoms with Crippen LogP contribution in [0.25, 0.3) is 11.3 Å². The maximum atomic E-state index is 11.5. The van der Waals surface area contributed by atoms with E-state index in [1.54, 1.807) is 30.7 Å². The molecule has 2 N–H and O–H groups in total. The molecule has 0 saturated carbocycles. The van der Waals surface area contributed by atoms with Gasteiger partial charge in [0.15, 0.2) is 0 Å². The van der Waals surface area contributed by atoms with Crippen molar-refractivity contribution < 1.29 is 9.53 Å². The van der Waals surface area contributed by atoms with Gasteiger partial charge in [-0.15, -0.1) is 0 Å². The van der Waals surface area contributed by atoms with Crippen LogP contribution in [-0.4, -0.2) is 15.9 Å². The van der Waals surface area contributed by atoms with Crippen LogP contribution in [0, 0.1) is 0 Å². The summed E-state index contributed by atoms with van der Waals surface area (Å²) in [6.45, 7) is 0.448. The van der Waals surface area contributed by atoms with Crippen molar-refractivity contribution >= 4 is 5.91 Å². The minimum atomic E-state index is -0.495. The molecule has 0 aliphatic heterocycles. The van der Waals surface area contributed by atoms with E-state index in [0.717, 1.165) is 16.9 Å². The van der Waals surface area contributed by atoms with E-state index < -0.39 is 5.91 Å². The van der Waals surface area contributed by atoms with Crippen molar-refractivity contribution in [2.24, 2.45) is 5.73 Å². The number of carbonyl (C=O) groups excluding carboxylic acids is 1. The summed E-state index contributed by atoms with van der Waals surface area (Å²) in [5.41, 5.74) is 8.16. The zero-order valence-corrected chi connectivity index (χ0v) is 12.3. The second kappa shape index (κ2) is 6.70. The molecule has 2 aromatic heterocycles. The summed E-state index contributed by atoms with van der Waals surface area (Å²) in [4.78, 5) is 19.8. The molecule has 114 valence electrons. The zero-order chi connectivity index (χ0) is 16.1.